The molecule has 0 aliphatic heterocycles. The van der Waals surface area contributed by atoms with Gasteiger partial charge in [-0.25, -0.2) is 4.79 Å². The first-order valence-corrected chi connectivity index (χ1v) is 7.10. The van der Waals surface area contributed by atoms with Gasteiger partial charge in [-0.3, -0.25) is 4.79 Å². The molecule has 0 rings (SSSR count). The van der Waals surface area contributed by atoms with Crippen LogP contribution in [0.5, 0.6) is 0 Å². The molecule has 0 bridgehead atoms. The van der Waals surface area contributed by atoms with E-state index in [0.29, 0.717) is 6.42 Å². The van der Waals surface area contributed by atoms with Crippen molar-refractivity contribution < 1.29 is 14.3 Å². The van der Waals surface area contributed by atoms with Gasteiger partial charge in [0.05, 0.1) is 0 Å². The van der Waals surface area contributed by atoms with E-state index in [1.54, 1.807) is 33.9 Å². The van der Waals surface area contributed by atoms with Crippen LogP contribution in [0, 0.1) is 0 Å². The van der Waals surface area contributed by atoms with Gasteiger partial charge in [-0.1, -0.05) is 24.3 Å². The van der Waals surface area contributed by atoms with Crippen molar-refractivity contribution in [2.75, 3.05) is 13.6 Å². The molecule has 0 saturated heterocycles. The topological polar surface area (TPSA) is 58.6 Å². The molecule has 0 aromatic heterocycles. The molecule has 1 atom stereocenters. The fourth-order valence-electron chi connectivity index (χ4n) is 1.66. The van der Waals surface area contributed by atoms with Crippen molar-refractivity contribution in [3.63, 3.8) is 0 Å². The van der Waals surface area contributed by atoms with E-state index in [2.05, 4.69) is 11.9 Å². The summed E-state index contributed by atoms with van der Waals surface area (Å²) < 4.78 is 5.19. The summed E-state index contributed by atoms with van der Waals surface area (Å²) in [6.45, 7) is 12.9. The van der Waals surface area contributed by atoms with Crippen LogP contribution in [0.2, 0.25) is 0 Å². The molecule has 5 heteroatoms. The Bertz CT molecular complexity index is 408. The van der Waals surface area contributed by atoms with Gasteiger partial charge in [-0.15, -0.1) is 0 Å². The lowest BCUT2D eigenvalue weighted by Crippen LogP contribution is -2.43. The number of rotatable bonds is 6. The Labute approximate surface area is 128 Å². The smallest absolute Gasteiger partial charge is 0.410 e. The zero-order valence-electron chi connectivity index (χ0n) is 14.0. The molecule has 0 aliphatic rings. The summed E-state index contributed by atoms with van der Waals surface area (Å²) >= 11 is 0. The lowest BCUT2D eigenvalue weighted by Gasteiger charge is -2.24. The summed E-state index contributed by atoms with van der Waals surface area (Å²) in [7, 11) is 1.54. The van der Waals surface area contributed by atoms with E-state index in [1.165, 1.54) is 4.90 Å². The molecule has 0 heterocycles. The molecule has 0 aliphatic carbocycles. The Balaban J connectivity index is 4.31. The molecule has 0 unspecified atom stereocenters. The maximum Gasteiger partial charge on any atom is 0.410 e. The summed E-state index contributed by atoms with van der Waals surface area (Å²) in [4.78, 5) is 24.9. The normalized spacial score (nSPS) is 13.3. The quantitative estimate of drug-likeness (QED) is 0.767. The van der Waals surface area contributed by atoms with Gasteiger partial charge in [0, 0.05) is 13.1 Å². The first kappa shape index (κ1) is 19.2. The average Bonchev–Trinajstić information content (AvgIpc) is 2.33. The van der Waals surface area contributed by atoms with Crippen molar-refractivity contribution in [1.29, 1.82) is 0 Å². The van der Waals surface area contributed by atoms with Gasteiger partial charge in [-0.05, 0) is 41.0 Å². The summed E-state index contributed by atoms with van der Waals surface area (Å²) in [5.74, 6) is -0.213. The first-order valence-electron chi connectivity index (χ1n) is 7.10. The Morgan fingerprint density at radius 1 is 1.38 bits per heavy atom. The minimum Gasteiger partial charge on any atom is -0.444 e. The molecule has 0 aromatic rings. The van der Waals surface area contributed by atoms with E-state index < -0.39 is 11.7 Å². The molecule has 0 saturated carbocycles. The van der Waals surface area contributed by atoms with Gasteiger partial charge in [0.25, 0.3) is 0 Å². The van der Waals surface area contributed by atoms with Gasteiger partial charge < -0.3 is 15.0 Å². The second-order valence-corrected chi connectivity index (χ2v) is 6.08. The van der Waals surface area contributed by atoms with E-state index in [9.17, 15) is 9.59 Å². The van der Waals surface area contributed by atoms with Crippen molar-refractivity contribution >= 4 is 12.0 Å². The van der Waals surface area contributed by atoms with E-state index in [1.807, 2.05) is 19.9 Å². The van der Waals surface area contributed by atoms with E-state index >= 15 is 0 Å². The van der Waals surface area contributed by atoms with Crippen molar-refractivity contribution in [3.05, 3.63) is 24.3 Å². The van der Waals surface area contributed by atoms with Crippen molar-refractivity contribution in [2.45, 2.75) is 52.7 Å². The molecular weight excluding hydrogens is 268 g/mol. The number of hydrogen-bond acceptors (Lipinski definition) is 3. The number of ether oxygens (including phenoxy) is 1. The molecule has 0 radical (unpaired) electrons. The Morgan fingerprint density at radius 3 is 2.38 bits per heavy atom. The van der Waals surface area contributed by atoms with Crippen LogP contribution in [0.3, 0.4) is 0 Å². The SMILES string of the molecule is C=C/C(=C\C)C[C@H](C)NC(=O)CN(C)C(=O)OC(C)(C)C. The van der Waals surface area contributed by atoms with E-state index in [-0.39, 0.29) is 18.5 Å². The highest BCUT2D eigenvalue weighted by atomic mass is 16.6. The van der Waals surface area contributed by atoms with Crippen LogP contribution in [-0.4, -0.2) is 42.1 Å². The standard InChI is InChI=1S/C16H28N2O3/c1-8-13(9-2)10-12(3)17-14(19)11-18(7)15(20)21-16(4,5)6/h8-9,12H,1,10-11H2,2-7H3,(H,17,19)/b13-9+/t12-/m0/s1. The van der Waals surface area contributed by atoms with Gasteiger partial charge in [0.1, 0.15) is 12.1 Å². The number of carbonyl (C=O) groups excluding carboxylic acids is 2. The number of amides is 2. The van der Waals surface area contributed by atoms with E-state index in [4.69, 9.17) is 4.74 Å². The fraction of sp³-hybridized carbons (Fsp3) is 0.625. The van der Waals surface area contributed by atoms with Gasteiger partial charge in [0.2, 0.25) is 5.91 Å². The summed E-state index contributed by atoms with van der Waals surface area (Å²) in [6, 6.07) is -0.0197. The monoisotopic (exact) mass is 296 g/mol. The highest BCUT2D eigenvalue weighted by Crippen LogP contribution is 2.09. The van der Waals surface area contributed by atoms with Gasteiger partial charge in [-0.2, -0.15) is 0 Å². The molecule has 0 fully saturated rings. The molecular formula is C16H28N2O3. The van der Waals surface area contributed by atoms with Crippen molar-refractivity contribution in [2.24, 2.45) is 0 Å². The van der Waals surface area contributed by atoms with Gasteiger partial charge >= 0.3 is 6.09 Å². The van der Waals surface area contributed by atoms with Crippen molar-refractivity contribution in [3.8, 4) is 0 Å². The average molecular weight is 296 g/mol. The summed E-state index contributed by atoms with van der Waals surface area (Å²) in [5.41, 5.74) is 0.503. The third-order valence-corrected chi connectivity index (χ3v) is 2.67. The second-order valence-electron chi connectivity index (χ2n) is 6.08. The largest absolute Gasteiger partial charge is 0.444 e. The second kappa shape index (κ2) is 8.49. The van der Waals surface area contributed by atoms with Crippen LogP contribution in [0.1, 0.15) is 41.0 Å². The third-order valence-electron chi connectivity index (χ3n) is 2.67. The predicted octanol–water partition coefficient (Wildman–Crippen LogP) is 2.88. The Morgan fingerprint density at radius 2 is 1.95 bits per heavy atom. The fourth-order valence-corrected chi connectivity index (χ4v) is 1.66. The molecule has 0 spiro atoms. The lowest BCUT2D eigenvalue weighted by molar-refractivity contribution is -0.122. The lowest BCUT2D eigenvalue weighted by atomic mass is 10.1. The predicted molar refractivity (Wildman–Crippen MR) is 85.0 cm³/mol. The van der Waals surface area contributed by atoms with Crippen LogP contribution in [0.4, 0.5) is 4.79 Å². The summed E-state index contributed by atoms with van der Waals surface area (Å²) in [6.07, 6.45) is 3.94. The summed E-state index contributed by atoms with van der Waals surface area (Å²) in [5, 5.41) is 2.85. The molecule has 1 N–H and O–H groups in total. The zero-order chi connectivity index (χ0) is 16.6. The highest BCUT2D eigenvalue weighted by Gasteiger charge is 2.21. The molecule has 21 heavy (non-hydrogen) atoms. The van der Waals surface area contributed by atoms with Crippen LogP contribution < -0.4 is 5.32 Å². The van der Waals surface area contributed by atoms with Gasteiger partial charge in [0.15, 0.2) is 0 Å². The minimum absolute atomic E-state index is 0.0197. The highest BCUT2D eigenvalue weighted by molar-refractivity contribution is 5.82. The molecule has 5 nitrogen and oxygen atoms in total. The molecule has 0 aromatic carbocycles. The minimum atomic E-state index is -0.570. The van der Waals surface area contributed by atoms with Crippen LogP contribution in [0.25, 0.3) is 0 Å². The molecule has 2 amide bonds. The Kier molecular flexibility index (Phi) is 7.77. The Hall–Kier alpha value is -1.78. The van der Waals surface area contributed by atoms with Crippen LogP contribution in [0.15, 0.2) is 24.3 Å². The number of nitrogens with one attached hydrogen (secondary N) is 1. The van der Waals surface area contributed by atoms with Crippen LogP contribution >= 0.6 is 0 Å². The maximum absolute atomic E-state index is 11.9. The third kappa shape index (κ3) is 8.89. The van der Waals surface area contributed by atoms with E-state index in [0.717, 1.165) is 5.57 Å². The van der Waals surface area contributed by atoms with Crippen LogP contribution in [-0.2, 0) is 9.53 Å². The van der Waals surface area contributed by atoms with Crippen molar-refractivity contribution in [1.82, 2.24) is 10.2 Å². The number of allylic oxidation sites excluding steroid dienone is 2. The zero-order valence-corrected chi connectivity index (χ0v) is 14.0. The first-order chi connectivity index (χ1) is 9.58. The molecule has 120 valence electrons. The number of carbonyl (C=O) groups is 2. The number of nitrogens with zero attached hydrogens (tertiary/aromatic N) is 1. The number of likely N-dealkylation sites (N-methyl/N-ethyl adjacent to an activating group) is 1. The number of hydrogen-bond donors (Lipinski definition) is 1. The maximum atomic E-state index is 11.9.